The zero-order valence-corrected chi connectivity index (χ0v) is 24.3. The molecule has 0 bridgehead atoms. The summed E-state index contributed by atoms with van der Waals surface area (Å²) in [6, 6.07) is 11.0. The fourth-order valence-corrected chi connectivity index (χ4v) is 6.06. The fourth-order valence-electron chi connectivity index (χ4n) is 6.06. The Kier molecular flexibility index (Phi) is 7.17. The Hall–Kier alpha value is -4.67. The van der Waals surface area contributed by atoms with Gasteiger partial charge in [0.15, 0.2) is 5.82 Å². The van der Waals surface area contributed by atoms with Crippen molar-refractivity contribution in [3.63, 3.8) is 0 Å². The normalized spacial score (nSPS) is 17.3. The molecule has 2 aromatic heterocycles. The highest BCUT2D eigenvalue weighted by atomic mass is 16.5. The molecule has 0 unspecified atom stereocenters. The van der Waals surface area contributed by atoms with E-state index in [0.29, 0.717) is 40.7 Å². The number of rotatable bonds is 8. The van der Waals surface area contributed by atoms with Crippen LogP contribution in [0.25, 0.3) is 22.4 Å². The summed E-state index contributed by atoms with van der Waals surface area (Å²) < 4.78 is 6.20. The molecule has 1 fully saturated rings. The van der Waals surface area contributed by atoms with Crippen molar-refractivity contribution in [1.29, 1.82) is 0 Å². The third-order valence-electron chi connectivity index (χ3n) is 8.05. The van der Waals surface area contributed by atoms with Crippen molar-refractivity contribution in [3.8, 4) is 17.1 Å². The Morgan fingerprint density at radius 3 is 2.69 bits per heavy atom. The van der Waals surface area contributed by atoms with Crippen LogP contribution in [0.1, 0.15) is 63.2 Å². The number of nitrogens with zero attached hydrogens (tertiary/aromatic N) is 5. The lowest BCUT2D eigenvalue weighted by atomic mass is 10.0. The number of imidazole rings is 1. The summed E-state index contributed by atoms with van der Waals surface area (Å²) in [7, 11) is 1.80. The molecule has 1 saturated carbocycles. The van der Waals surface area contributed by atoms with E-state index in [1.807, 2.05) is 38.1 Å². The van der Waals surface area contributed by atoms with E-state index in [2.05, 4.69) is 32.1 Å². The highest BCUT2D eigenvalue weighted by Gasteiger charge is 2.41. The van der Waals surface area contributed by atoms with Gasteiger partial charge in [0, 0.05) is 18.7 Å². The largest absolute Gasteiger partial charge is 0.489 e. The van der Waals surface area contributed by atoms with Crippen LogP contribution >= 0.6 is 0 Å². The van der Waals surface area contributed by atoms with E-state index in [1.165, 1.54) is 0 Å². The molecule has 4 aromatic rings. The maximum absolute atomic E-state index is 13.2. The number of amides is 2. The Labute approximate surface area is 244 Å². The van der Waals surface area contributed by atoms with Crippen LogP contribution in [0.15, 0.2) is 42.6 Å². The monoisotopic (exact) mass is 568 g/mol. The predicted octanol–water partition coefficient (Wildman–Crippen LogP) is 5.15. The minimum absolute atomic E-state index is 0.0814. The van der Waals surface area contributed by atoms with E-state index >= 15 is 0 Å². The van der Waals surface area contributed by atoms with Crippen LogP contribution in [0.4, 0.5) is 23.1 Å². The number of carbonyl (C=O) groups is 2. The maximum Gasteiger partial charge on any atom is 0.250 e. The van der Waals surface area contributed by atoms with Gasteiger partial charge in [-0.2, -0.15) is 4.98 Å². The molecule has 11 heteroatoms. The molecular weight excluding hydrogens is 532 g/mol. The molecule has 0 radical (unpaired) electrons. The lowest BCUT2D eigenvalue weighted by Gasteiger charge is -2.43. The van der Waals surface area contributed by atoms with E-state index in [4.69, 9.17) is 15.5 Å². The lowest BCUT2D eigenvalue weighted by molar-refractivity contribution is -0.120. The molecular formula is C31H36N8O3. The zero-order valence-electron chi connectivity index (χ0n) is 24.3. The number of anilines is 4. The minimum atomic E-state index is -0.528. The Bertz CT molecular complexity index is 1660. The van der Waals surface area contributed by atoms with Crippen LogP contribution in [-0.2, 0) is 4.79 Å². The van der Waals surface area contributed by atoms with E-state index in [9.17, 15) is 9.59 Å². The van der Waals surface area contributed by atoms with E-state index < -0.39 is 5.91 Å². The van der Waals surface area contributed by atoms with Crippen molar-refractivity contribution in [2.75, 3.05) is 22.2 Å². The summed E-state index contributed by atoms with van der Waals surface area (Å²) in [5.74, 6) is 1.95. The summed E-state index contributed by atoms with van der Waals surface area (Å²) in [6.07, 6.45) is 6.76. The van der Waals surface area contributed by atoms with Crippen molar-refractivity contribution in [2.45, 2.75) is 71.1 Å². The molecule has 218 valence electrons. The second-order valence-electron chi connectivity index (χ2n) is 11.2. The Morgan fingerprint density at radius 2 is 1.98 bits per heavy atom. The molecule has 11 nitrogen and oxygen atoms in total. The van der Waals surface area contributed by atoms with Gasteiger partial charge >= 0.3 is 0 Å². The van der Waals surface area contributed by atoms with Crippen molar-refractivity contribution >= 4 is 46.0 Å². The molecule has 4 N–H and O–H groups in total. The van der Waals surface area contributed by atoms with Gasteiger partial charge in [-0.1, -0.05) is 25.8 Å². The standard InChI is InChI=1S/C31H36N8O3/c1-5-23-30(41)38(4)24-16-33-31(37-29(24)39(23)19-9-6-7-10-19)35-21-14-13-18(15-25(21)42-17(2)3)28-34-22-12-8-11-20(27(32)40)26(22)36-28/h8,11-17,19,23H,5-7,9-10H2,1-4H3,(H2,32,40)(H,34,36)(H,33,35,37)/t23-/m1/s1. The van der Waals surface area contributed by atoms with Crippen molar-refractivity contribution in [2.24, 2.45) is 5.73 Å². The van der Waals surface area contributed by atoms with E-state index in [-0.39, 0.29) is 24.1 Å². The van der Waals surface area contributed by atoms with Gasteiger partial charge in [-0.3, -0.25) is 9.59 Å². The number of hydrogen-bond acceptors (Lipinski definition) is 8. The first-order valence-corrected chi connectivity index (χ1v) is 14.5. The highest BCUT2D eigenvalue weighted by molar-refractivity contribution is 6.05. The first-order chi connectivity index (χ1) is 20.2. The first kappa shape index (κ1) is 27.5. The predicted molar refractivity (Wildman–Crippen MR) is 163 cm³/mol. The quantitative estimate of drug-likeness (QED) is 0.265. The van der Waals surface area contributed by atoms with Crippen molar-refractivity contribution in [1.82, 2.24) is 19.9 Å². The number of likely N-dealkylation sites (N-methyl/N-ethyl adjacent to an activating group) is 1. The number of aromatic amines is 1. The average molecular weight is 569 g/mol. The maximum atomic E-state index is 13.2. The average Bonchev–Trinajstić information content (AvgIpc) is 3.65. The molecule has 0 spiro atoms. The molecule has 42 heavy (non-hydrogen) atoms. The van der Waals surface area contributed by atoms with Gasteiger partial charge in [-0.15, -0.1) is 0 Å². The molecule has 1 aliphatic heterocycles. The third kappa shape index (κ3) is 4.88. The van der Waals surface area contributed by atoms with Gasteiger partial charge < -0.3 is 30.6 Å². The summed E-state index contributed by atoms with van der Waals surface area (Å²) >= 11 is 0. The summed E-state index contributed by atoms with van der Waals surface area (Å²) in [6.45, 7) is 5.98. The Balaban J connectivity index is 1.36. The number of carbonyl (C=O) groups excluding carboxylic acids is 2. The molecule has 3 heterocycles. The van der Waals surface area contributed by atoms with Crippen LogP contribution in [0.3, 0.4) is 0 Å². The topological polar surface area (TPSA) is 142 Å². The highest BCUT2D eigenvalue weighted by Crippen LogP contribution is 2.41. The second kappa shape index (κ2) is 11.0. The number of nitrogens with one attached hydrogen (secondary N) is 2. The number of benzene rings is 2. The van der Waals surface area contributed by atoms with Crippen LogP contribution in [0.2, 0.25) is 0 Å². The summed E-state index contributed by atoms with van der Waals surface area (Å²) in [5.41, 5.74) is 9.37. The van der Waals surface area contributed by atoms with E-state index in [1.54, 1.807) is 30.3 Å². The molecule has 2 aliphatic rings. The molecule has 2 aromatic carbocycles. The minimum Gasteiger partial charge on any atom is -0.489 e. The summed E-state index contributed by atoms with van der Waals surface area (Å²) in [5, 5.41) is 3.36. The van der Waals surface area contributed by atoms with Gasteiger partial charge in [0.05, 0.1) is 29.1 Å². The number of H-pyrrole nitrogens is 1. The lowest BCUT2D eigenvalue weighted by Crippen LogP contribution is -2.55. The first-order valence-electron chi connectivity index (χ1n) is 14.5. The SMILES string of the molecule is CC[C@@H]1C(=O)N(C)c2cnc(Nc3ccc(-c4nc5c(C(N)=O)cccc5[nH]4)cc3OC(C)C)nc2N1C1CCCC1. The number of primary amides is 1. The molecule has 0 saturated heterocycles. The van der Waals surface area contributed by atoms with Gasteiger partial charge in [0.25, 0.3) is 5.91 Å². The molecule has 1 aliphatic carbocycles. The number of aromatic nitrogens is 4. The number of para-hydroxylation sites is 1. The number of fused-ring (bicyclic) bond motifs is 2. The van der Waals surface area contributed by atoms with Crippen LogP contribution in [0.5, 0.6) is 5.75 Å². The van der Waals surface area contributed by atoms with Crippen molar-refractivity contribution < 1.29 is 14.3 Å². The van der Waals surface area contributed by atoms with Crippen LogP contribution < -0.4 is 25.6 Å². The van der Waals surface area contributed by atoms with Gasteiger partial charge in [0.1, 0.15) is 28.8 Å². The second-order valence-corrected chi connectivity index (χ2v) is 11.2. The number of ether oxygens (including phenoxy) is 1. The smallest absolute Gasteiger partial charge is 0.250 e. The van der Waals surface area contributed by atoms with Gasteiger partial charge in [0.2, 0.25) is 11.9 Å². The van der Waals surface area contributed by atoms with E-state index in [0.717, 1.165) is 48.3 Å². The van der Waals surface area contributed by atoms with Crippen molar-refractivity contribution in [3.05, 3.63) is 48.2 Å². The molecule has 1 atom stereocenters. The Morgan fingerprint density at radius 1 is 1.19 bits per heavy atom. The molecule has 6 rings (SSSR count). The number of nitrogens with two attached hydrogens (primary N) is 1. The van der Waals surface area contributed by atoms with Crippen LogP contribution in [0, 0.1) is 0 Å². The number of hydrogen-bond donors (Lipinski definition) is 3. The fraction of sp³-hybridized carbons (Fsp3) is 0.387. The summed E-state index contributed by atoms with van der Waals surface area (Å²) in [4.78, 5) is 46.5. The van der Waals surface area contributed by atoms with Crippen LogP contribution in [-0.4, -0.2) is 57.0 Å². The van der Waals surface area contributed by atoms with Gasteiger partial charge in [-0.25, -0.2) is 9.97 Å². The molecule has 2 amide bonds. The third-order valence-corrected chi connectivity index (χ3v) is 8.05. The zero-order chi connectivity index (χ0) is 29.5. The van der Waals surface area contributed by atoms with Gasteiger partial charge in [-0.05, 0) is 63.4 Å².